The Morgan fingerprint density at radius 1 is 1.50 bits per heavy atom. The van der Waals surface area contributed by atoms with Crippen LogP contribution in [0.4, 0.5) is 0 Å². The van der Waals surface area contributed by atoms with Crippen molar-refractivity contribution in [3.8, 4) is 0 Å². The summed E-state index contributed by atoms with van der Waals surface area (Å²) in [4.78, 5) is 2.47. The van der Waals surface area contributed by atoms with Crippen molar-refractivity contribution in [3.63, 3.8) is 0 Å². The van der Waals surface area contributed by atoms with Crippen LogP contribution < -0.4 is 5.32 Å². The maximum Gasteiger partial charge on any atom is 0.0743 e. The first-order chi connectivity index (χ1) is 6.62. The quantitative estimate of drug-likeness (QED) is 0.691. The average Bonchev–Trinajstić information content (AvgIpc) is 2.70. The molecule has 2 aliphatic heterocycles. The molecular weight excluding hydrogens is 176 g/mol. The van der Waals surface area contributed by atoms with Crippen LogP contribution in [0.25, 0.3) is 0 Å². The SMILES string of the molecule is CCC(C)(O)CN1CC[C@@H]2CNC[C@@H]21. The lowest BCUT2D eigenvalue weighted by atomic mass is 10.0. The number of aliphatic hydroxyl groups is 1. The number of β-amino-alcohol motifs (C(OH)–C–C–N with tert-alkyl or cyclic N) is 1. The first-order valence-corrected chi connectivity index (χ1v) is 5.79. The molecule has 0 aromatic rings. The van der Waals surface area contributed by atoms with Gasteiger partial charge in [0.2, 0.25) is 0 Å². The standard InChI is InChI=1S/C11H22N2O/c1-3-11(2,14)8-13-5-4-9-6-12-7-10(9)13/h9-10,12,14H,3-8H2,1-2H3/t9-,10+,11?/m1/s1. The van der Waals surface area contributed by atoms with Crippen molar-refractivity contribution in [2.24, 2.45) is 5.92 Å². The fraction of sp³-hybridized carbons (Fsp3) is 1.00. The molecule has 0 radical (unpaired) electrons. The van der Waals surface area contributed by atoms with Crippen molar-refractivity contribution in [3.05, 3.63) is 0 Å². The van der Waals surface area contributed by atoms with Gasteiger partial charge in [-0.05, 0) is 38.8 Å². The zero-order valence-electron chi connectivity index (χ0n) is 9.29. The van der Waals surface area contributed by atoms with Crippen LogP contribution in [-0.4, -0.2) is 47.8 Å². The van der Waals surface area contributed by atoms with Gasteiger partial charge >= 0.3 is 0 Å². The highest BCUT2D eigenvalue weighted by Crippen LogP contribution is 2.28. The molecule has 1 unspecified atom stereocenters. The molecule has 2 fully saturated rings. The fourth-order valence-electron chi connectivity index (χ4n) is 2.68. The van der Waals surface area contributed by atoms with Crippen molar-refractivity contribution in [1.82, 2.24) is 10.2 Å². The molecule has 0 saturated carbocycles. The van der Waals surface area contributed by atoms with Gasteiger partial charge in [0.05, 0.1) is 5.60 Å². The summed E-state index contributed by atoms with van der Waals surface area (Å²) >= 11 is 0. The van der Waals surface area contributed by atoms with Crippen LogP contribution in [-0.2, 0) is 0 Å². The summed E-state index contributed by atoms with van der Waals surface area (Å²) in [5.74, 6) is 0.836. The van der Waals surface area contributed by atoms with Crippen LogP contribution in [0.2, 0.25) is 0 Å². The Morgan fingerprint density at radius 3 is 3.00 bits per heavy atom. The molecule has 2 heterocycles. The van der Waals surface area contributed by atoms with Crippen molar-refractivity contribution in [2.45, 2.75) is 38.3 Å². The maximum atomic E-state index is 10.0. The van der Waals surface area contributed by atoms with Gasteiger partial charge in [0.25, 0.3) is 0 Å². The van der Waals surface area contributed by atoms with Crippen molar-refractivity contribution < 1.29 is 5.11 Å². The van der Waals surface area contributed by atoms with Crippen LogP contribution in [0.3, 0.4) is 0 Å². The van der Waals surface area contributed by atoms with Gasteiger partial charge in [-0.25, -0.2) is 0 Å². The molecule has 2 saturated heterocycles. The van der Waals surface area contributed by atoms with E-state index in [0.717, 1.165) is 25.4 Å². The van der Waals surface area contributed by atoms with Gasteiger partial charge in [0, 0.05) is 19.1 Å². The lowest BCUT2D eigenvalue weighted by Gasteiger charge is -2.31. The number of hydrogen-bond acceptors (Lipinski definition) is 3. The lowest BCUT2D eigenvalue weighted by Crippen LogP contribution is -2.44. The predicted octanol–water partition coefficient (Wildman–Crippen LogP) is 0.441. The van der Waals surface area contributed by atoms with Gasteiger partial charge in [-0.3, -0.25) is 4.90 Å². The van der Waals surface area contributed by atoms with Gasteiger partial charge < -0.3 is 10.4 Å². The van der Waals surface area contributed by atoms with Gasteiger partial charge in [0.15, 0.2) is 0 Å². The molecule has 14 heavy (non-hydrogen) atoms. The van der Waals surface area contributed by atoms with E-state index in [2.05, 4.69) is 17.1 Å². The number of hydrogen-bond donors (Lipinski definition) is 2. The maximum absolute atomic E-state index is 10.0. The van der Waals surface area contributed by atoms with Crippen LogP contribution in [0.15, 0.2) is 0 Å². The van der Waals surface area contributed by atoms with Crippen LogP contribution >= 0.6 is 0 Å². The summed E-state index contributed by atoms with van der Waals surface area (Å²) in [6.45, 7) is 8.31. The largest absolute Gasteiger partial charge is 0.389 e. The van der Waals surface area contributed by atoms with E-state index in [1.165, 1.54) is 19.5 Å². The summed E-state index contributed by atoms with van der Waals surface area (Å²) in [5, 5.41) is 13.5. The Bertz CT molecular complexity index is 205. The van der Waals surface area contributed by atoms with Crippen molar-refractivity contribution in [2.75, 3.05) is 26.2 Å². The minimum Gasteiger partial charge on any atom is -0.389 e. The van der Waals surface area contributed by atoms with E-state index in [9.17, 15) is 5.11 Å². The summed E-state index contributed by atoms with van der Waals surface area (Å²) in [7, 11) is 0. The molecule has 0 amide bonds. The molecule has 0 bridgehead atoms. The van der Waals surface area contributed by atoms with Gasteiger partial charge in [0.1, 0.15) is 0 Å². The summed E-state index contributed by atoms with van der Waals surface area (Å²) < 4.78 is 0. The van der Waals surface area contributed by atoms with Crippen molar-refractivity contribution in [1.29, 1.82) is 0 Å². The normalized spacial score (nSPS) is 37.1. The molecule has 82 valence electrons. The zero-order valence-corrected chi connectivity index (χ0v) is 9.29. The average molecular weight is 198 g/mol. The third-order valence-corrected chi connectivity index (χ3v) is 3.87. The molecule has 0 aliphatic carbocycles. The molecule has 3 heteroatoms. The predicted molar refractivity (Wildman–Crippen MR) is 57.3 cm³/mol. The fourth-order valence-corrected chi connectivity index (χ4v) is 2.68. The molecule has 2 N–H and O–H groups in total. The highest BCUT2D eigenvalue weighted by Gasteiger charge is 2.39. The van der Waals surface area contributed by atoms with E-state index in [4.69, 9.17) is 0 Å². The second kappa shape index (κ2) is 3.80. The van der Waals surface area contributed by atoms with E-state index >= 15 is 0 Å². The minimum absolute atomic E-state index is 0.502. The molecule has 2 rings (SSSR count). The Balaban J connectivity index is 1.93. The van der Waals surface area contributed by atoms with E-state index in [1.54, 1.807) is 0 Å². The third kappa shape index (κ3) is 1.95. The monoisotopic (exact) mass is 198 g/mol. The van der Waals surface area contributed by atoms with Gasteiger partial charge in [-0.15, -0.1) is 0 Å². The number of nitrogens with one attached hydrogen (secondary N) is 1. The molecular formula is C11H22N2O. The van der Waals surface area contributed by atoms with Gasteiger partial charge in [-0.1, -0.05) is 6.92 Å². The topological polar surface area (TPSA) is 35.5 Å². The Hall–Kier alpha value is -0.120. The van der Waals surface area contributed by atoms with E-state index in [1.807, 2.05) is 6.92 Å². The van der Waals surface area contributed by atoms with Crippen LogP contribution in [0, 0.1) is 5.92 Å². The molecule has 3 atom stereocenters. The second-order valence-electron chi connectivity index (χ2n) is 5.10. The van der Waals surface area contributed by atoms with Crippen LogP contribution in [0.1, 0.15) is 26.7 Å². The first kappa shape index (κ1) is 10.4. The van der Waals surface area contributed by atoms with Crippen molar-refractivity contribution >= 4 is 0 Å². The highest BCUT2D eigenvalue weighted by atomic mass is 16.3. The number of rotatable bonds is 3. The smallest absolute Gasteiger partial charge is 0.0743 e. The van der Waals surface area contributed by atoms with E-state index < -0.39 is 5.60 Å². The summed E-state index contributed by atoms with van der Waals surface area (Å²) in [6, 6.07) is 0.688. The molecule has 2 aliphatic rings. The Morgan fingerprint density at radius 2 is 2.29 bits per heavy atom. The van der Waals surface area contributed by atoms with E-state index in [0.29, 0.717) is 6.04 Å². The summed E-state index contributed by atoms with van der Waals surface area (Å²) in [5.41, 5.74) is -0.502. The minimum atomic E-state index is -0.502. The second-order valence-corrected chi connectivity index (χ2v) is 5.10. The first-order valence-electron chi connectivity index (χ1n) is 5.79. The molecule has 0 spiro atoms. The Labute approximate surface area is 86.5 Å². The highest BCUT2D eigenvalue weighted by molar-refractivity contribution is 4.96. The third-order valence-electron chi connectivity index (χ3n) is 3.87. The molecule has 0 aromatic heterocycles. The number of nitrogens with zero attached hydrogens (tertiary/aromatic N) is 1. The molecule has 0 aromatic carbocycles. The Kier molecular flexibility index (Phi) is 2.82. The van der Waals surface area contributed by atoms with E-state index in [-0.39, 0.29) is 0 Å². The number of likely N-dealkylation sites (tertiary alicyclic amines) is 1. The molecule has 3 nitrogen and oxygen atoms in total. The van der Waals surface area contributed by atoms with Crippen LogP contribution in [0.5, 0.6) is 0 Å². The zero-order chi connectivity index (χ0) is 10.2. The summed E-state index contributed by atoms with van der Waals surface area (Å²) in [6.07, 6.45) is 2.14. The van der Waals surface area contributed by atoms with Gasteiger partial charge in [-0.2, -0.15) is 0 Å². The number of fused-ring (bicyclic) bond motifs is 1. The lowest BCUT2D eigenvalue weighted by molar-refractivity contribution is 0.0129.